The average Bonchev–Trinajstić information content (AvgIpc) is 2.09. The number of carbonyl (C=O) groups is 1. The molecular formula is C7H14Cl4N2O2. The number of amides is 1. The Balaban J connectivity index is 0. The fourth-order valence-electron chi connectivity index (χ4n) is 0.769. The van der Waals surface area contributed by atoms with Gasteiger partial charge in [-0.2, -0.15) is 0 Å². The maximum Gasteiger partial charge on any atom is 0.409 e. The zero-order valence-corrected chi connectivity index (χ0v) is 11.3. The Morgan fingerprint density at radius 3 is 2.33 bits per heavy atom. The molecule has 0 atom stereocenters. The highest BCUT2D eigenvalue weighted by atomic mass is 35.6. The summed E-state index contributed by atoms with van der Waals surface area (Å²) in [6.45, 7) is 2.85. The number of nitrogens with zero attached hydrogens (tertiary/aromatic N) is 1. The molecule has 0 bridgehead atoms. The molecule has 0 aliphatic heterocycles. The monoisotopic (exact) mass is 298 g/mol. The molecule has 0 saturated heterocycles. The lowest BCUT2D eigenvalue weighted by Crippen LogP contribution is -2.36. The maximum atomic E-state index is 11.3. The van der Waals surface area contributed by atoms with E-state index in [0.29, 0.717) is 19.6 Å². The van der Waals surface area contributed by atoms with Crippen LogP contribution in [0.15, 0.2) is 0 Å². The largest absolute Gasteiger partial charge is 0.445 e. The molecule has 0 saturated carbocycles. The Morgan fingerprint density at radius 2 is 2.00 bits per heavy atom. The van der Waals surface area contributed by atoms with Crippen LogP contribution in [-0.2, 0) is 4.74 Å². The molecule has 0 radical (unpaired) electrons. The molecule has 0 aromatic carbocycles. The number of halogens is 4. The van der Waals surface area contributed by atoms with Crippen LogP contribution < -0.4 is 5.73 Å². The van der Waals surface area contributed by atoms with E-state index >= 15 is 0 Å². The van der Waals surface area contributed by atoms with Gasteiger partial charge in [-0.3, -0.25) is 0 Å². The number of hydrogen-bond acceptors (Lipinski definition) is 3. The van der Waals surface area contributed by atoms with Crippen molar-refractivity contribution in [3.05, 3.63) is 0 Å². The summed E-state index contributed by atoms with van der Waals surface area (Å²) in [5.41, 5.74) is 5.30. The van der Waals surface area contributed by atoms with Crippen LogP contribution >= 0.6 is 47.2 Å². The molecule has 0 aromatic rings. The Bertz CT molecular complexity index is 186. The molecule has 0 fully saturated rings. The number of rotatable bonds is 4. The van der Waals surface area contributed by atoms with Gasteiger partial charge < -0.3 is 15.4 Å². The molecule has 0 aromatic heterocycles. The second-order valence-corrected chi connectivity index (χ2v) is 5.05. The van der Waals surface area contributed by atoms with Crippen molar-refractivity contribution >= 4 is 53.3 Å². The molecule has 15 heavy (non-hydrogen) atoms. The van der Waals surface area contributed by atoms with Crippen molar-refractivity contribution in [3.8, 4) is 0 Å². The van der Waals surface area contributed by atoms with E-state index in [1.54, 1.807) is 0 Å². The van der Waals surface area contributed by atoms with E-state index in [4.69, 9.17) is 45.3 Å². The summed E-state index contributed by atoms with van der Waals surface area (Å²) in [5, 5.41) is 0. The predicted molar refractivity (Wildman–Crippen MR) is 65.2 cm³/mol. The third-order valence-electron chi connectivity index (χ3n) is 1.40. The van der Waals surface area contributed by atoms with Gasteiger partial charge in [0.25, 0.3) is 0 Å². The van der Waals surface area contributed by atoms with Gasteiger partial charge in [-0.25, -0.2) is 4.79 Å². The maximum absolute atomic E-state index is 11.3. The number of likely N-dealkylation sites (N-methyl/N-ethyl adjacent to an activating group) is 1. The van der Waals surface area contributed by atoms with Gasteiger partial charge in [-0.1, -0.05) is 34.8 Å². The van der Waals surface area contributed by atoms with Crippen LogP contribution in [0.3, 0.4) is 0 Å². The lowest BCUT2D eigenvalue weighted by molar-refractivity contribution is 0.107. The number of nitrogens with two attached hydrogens (primary N) is 1. The fourth-order valence-corrected chi connectivity index (χ4v) is 0.933. The first-order valence-electron chi connectivity index (χ1n) is 4.09. The van der Waals surface area contributed by atoms with E-state index in [1.807, 2.05) is 6.92 Å². The summed E-state index contributed by atoms with van der Waals surface area (Å²) in [7, 11) is 0. The molecule has 1 amide bonds. The Hall–Kier alpha value is 0.390. The van der Waals surface area contributed by atoms with Crippen molar-refractivity contribution in [1.29, 1.82) is 0 Å². The first-order chi connectivity index (χ1) is 6.40. The SMILES string of the molecule is CCN(CCN)C(=O)OCC(Cl)(Cl)Cl.Cl. The van der Waals surface area contributed by atoms with E-state index < -0.39 is 9.89 Å². The minimum atomic E-state index is -1.57. The van der Waals surface area contributed by atoms with Gasteiger partial charge in [0.2, 0.25) is 3.79 Å². The van der Waals surface area contributed by atoms with Crippen LogP contribution in [0.4, 0.5) is 4.79 Å². The van der Waals surface area contributed by atoms with Crippen molar-refractivity contribution < 1.29 is 9.53 Å². The van der Waals surface area contributed by atoms with Crippen LogP contribution in [-0.4, -0.2) is 41.0 Å². The third kappa shape index (κ3) is 9.33. The molecule has 0 rings (SSSR count). The topological polar surface area (TPSA) is 55.6 Å². The van der Waals surface area contributed by atoms with Crippen molar-refractivity contribution in [2.75, 3.05) is 26.2 Å². The van der Waals surface area contributed by atoms with E-state index in [0.717, 1.165) is 0 Å². The summed E-state index contributed by atoms with van der Waals surface area (Å²) >= 11 is 16.2. The van der Waals surface area contributed by atoms with Gasteiger partial charge in [-0.05, 0) is 6.92 Å². The van der Waals surface area contributed by atoms with E-state index in [1.165, 1.54) is 4.90 Å². The summed E-state index contributed by atoms with van der Waals surface area (Å²) in [6.07, 6.45) is -0.524. The normalized spacial score (nSPS) is 10.5. The second-order valence-electron chi connectivity index (χ2n) is 2.54. The Labute approximate surface area is 110 Å². The number of carbonyl (C=O) groups excluding carboxylic acids is 1. The Morgan fingerprint density at radius 1 is 1.47 bits per heavy atom. The van der Waals surface area contributed by atoms with Crippen molar-refractivity contribution in [3.63, 3.8) is 0 Å². The molecule has 2 N–H and O–H groups in total. The van der Waals surface area contributed by atoms with Crippen LogP contribution in [0.25, 0.3) is 0 Å². The minimum Gasteiger partial charge on any atom is -0.445 e. The highest BCUT2D eigenvalue weighted by molar-refractivity contribution is 6.67. The van der Waals surface area contributed by atoms with Gasteiger partial charge in [0.05, 0.1) is 0 Å². The second kappa shape index (κ2) is 8.53. The van der Waals surface area contributed by atoms with Crippen LogP contribution in [0.2, 0.25) is 0 Å². The van der Waals surface area contributed by atoms with Crippen molar-refractivity contribution in [2.24, 2.45) is 5.73 Å². The molecule has 0 aliphatic rings. The molecule has 0 unspecified atom stereocenters. The smallest absolute Gasteiger partial charge is 0.409 e. The van der Waals surface area contributed by atoms with Gasteiger partial charge in [0, 0.05) is 19.6 Å². The molecular weight excluding hydrogens is 286 g/mol. The van der Waals surface area contributed by atoms with E-state index in [-0.39, 0.29) is 19.0 Å². The standard InChI is InChI=1S/C7H13Cl3N2O2.ClH/c1-2-12(4-3-11)6(13)14-5-7(8,9)10;/h2-5,11H2,1H3;1H. The molecule has 92 valence electrons. The average molecular weight is 300 g/mol. The zero-order chi connectivity index (χ0) is 11.2. The van der Waals surface area contributed by atoms with Crippen LogP contribution in [0, 0.1) is 0 Å². The van der Waals surface area contributed by atoms with Gasteiger partial charge in [-0.15, -0.1) is 12.4 Å². The lowest BCUT2D eigenvalue weighted by Gasteiger charge is -2.20. The van der Waals surface area contributed by atoms with Crippen molar-refractivity contribution in [2.45, 2.75) is 10.7 Å². The third-order valence-corrected chi connectivity index (χ3v) is 1.73. The van der Waals surface area contributed by atoms with Gasteiger partial charge in [0.1, 0.15) is 6.61 Å². The molecule has 0 spiro atoms. The highest BCUT2D eigenvalue weighted by Gasteiger charge is 2.23. The summed E-state index contributed by atoms with van der Waals surface area (Å²) < 4.78 is 3.18. The number of ether oxygens (including phenoxy) is 1. The summed E-state index contributed by atoms with van der Waals surface area (Å²) in [4.78, 5) is 12.7. The predicted octanol–water partition coefficient (Wildman–Crippen LogP) is 2.20. The zero-order valence-electron chi connectivity index (χ0n) is 8.21. The lowest BCUT2D eigenvalue weighted by atomic mass is 10.5. The first kappa shape index (κ1) is 17.8. The first-order valence-corrected chi connectivity index (χ1v) is 5.22. The Kier molecular flexibility index (Phi) is 10.1. The molecule has 4 nitrogen and oxygen atoms in total. The van der Waals surface area contributed by atoms with Gasteiger partial charge in [0.15, 0.2) is 0 Å². The van der Waals surface area contributed by atoms with E-state index in [9.17, 15) is 4.79 Å². The summed E-state index contributed by atoms with van der Waals surface area (Å²) in [5.74, 6) is 0. The summed E-state index contributed by atoms with van der Waals surface area (Å²) in [6, 6.07) is 0. The molecule has 0 heterocycles. The van der Waals surface area contributed by atoms with E-state index in [2.05, 4.69) is 0 Å². The van der Waals surface area contributed by atoms with Gasteiger partial charge >= 0.3 is 6.09 Å². The highest BCUT2D eigenvalue weighted by Crippen LogP contribution is 2.26. The quantitative estimate of drug-likeness (QED) is 0.810. The fraction of sp³-hybridized carbons (Fsp3) is 0.857. The molecule has 8 heteroatoms. The number of alkyl halides is 3. The van der Waals surface area contributed by atoms with Crippen molar-refractivity contribution in [1.82, 2.24) is 4.90 Å². The van der Waals surface area contributed by atoms with Crippen LogP contribution in [0.1, 0.15) is 6.92 Å². The molecule has 0 aliphatic carbocycles. The number of hydrogen-bond donors (Lipinski definition) is 1. The minimum absolute atomic E-state index is 0. The van der Waals surface area contributed by atoms with Crippen LogP contribution in [0.5, 0.6) is 0 Å².